The van der Waals surface area contributed by atoms with E-state index >= 15 is 0 Å². The van der Waals surface area contributed by atoms with Crippen LogP contribution in [0.2, 0.25) is 0 Å². The molecule has 1 aromatic carbocycles. The van der Waals surface area contributed by atoms with Crippen molar-refractivity contribution in [3.63, 3.8) is 0 Å². The number of rotatable bonds is 6. The topological polar surface area (TPSA) is 77.2 Å². The van der Waals surface area contributed by atoms with Gasteiger partial charge in [0.15, 0.2) is 0 Å². The predicted molar refractivity (Wildman–Crippen MR) is 86.8 cm³/mol. The summed E-state index contributed by atoms with van der Waals surface area (Å²) in [4.78, 5) is 16.2. The summed E-state index contributed by atoms with van der Waals surface area (Å²) in [6.45, 7) is 2.47. The normalized spacial score (nSPS) is 11.8. The van der Waals surface area contributed by atoms with Gasteiger partial charge in [0.1, 0.15) is 5.75 Å². The highest BCUT2D eigenvalue weighted by Gasteiger charge is 2.08. The number of carbonyl (C=O) groups is 1. The van der Waals surface area contributed by atoms with Gasteiger partial charge in [-0.25, -0.2) is 0 Å². The maximum Gasteiger partial charge on any atom is 0.252 e. The van der Waals surface area contributed by atoms with Crippen molar-refractivity contribution < 1.29 is 9.53 Å². The fourth-order valence-corrected chi connectivity index (χ4v) is 2.02. The Kier molecular flexibility index (Phi) is 5.49. The largest absolute Gasteiger partial charge is 0.497 e. The van der Waals surface area contributed by atoms with Gasteiger partial charge >= 0.3 is 0 Å². The van der Waals surface area contributed by atoms with Crippen LogP contribution in [0, 0.1) is 0 Å². The van der Waals surface area contributed by atoms with Crippen molar-refractivity contribution in [1.82, 2.24) is 10.3 Å². The van der Waals surface area contributed by atoms with Gasteiger partial charge in [0, 0.05) is 30.5 Å². The minimum atomic E-state index is -0.136. The number of nitrogens with one attached hydrogen (secondary N) is 1. The van der Waals surface area contributed by atoms with Crippen molar-refractivity contribution in [2.75, 3.05) is 13.7 Å². The van der Waals surface area contributed by atoms with E-state index in [2.05, 4.69) is 10.3 Å². The van der Waals surface area contributed by atoms with Gasteiger partial charge in [0.05, 0.1) is 12.7 Å². The first kappa shape index (κ1) is 16.0. The molecule has 0 saturated heterocycles. The van der Waals surface area contributed by atoms with Gasteiger partial charge < -0.3 is 15.8 Å². The summed E-state index contributed by atoms with van der Waals surface area (Å²) in [6, 6.07) is 9.54. The molecule has 0 bridgehead atoms. The number of hydrogen-bond acceptors (Lipinski definition) is 4. The number of methoxy groups -OCH3 is 1. The minimum absolute atomic E-state index is 0.0732. The Morgan fingerprint density at radius 3 is 2.64 bits per heavy atom. The average molecular weight is 299 g/mol. The molecule has 1 heterocycles. The molecule has 1 atom stereocenters. The molecule has 3 N–H and O–H groups in total. The SMILES string of the molecule is COc1ccc(-c2cncc(C(=O)NCCC(C)N)c2)cc1. The highest BCUT2D eigenvalue weighted by molar-refractivity contribution is 5.95. The number of pyridine rings is 1. The molecule has 1 unspecified atom stereocenters. The molecule has 0 saturated carbocycles. The second-order valence-corrected chi connectivity index (χ2v) is 5.21. The van der Waals surface area contributed by atoms with Crippen LogP contribution < -0.4 is 15.8 Å². The van der Waals surface area contributed by atoms with Gasteiger partial charge in [0.25, 0.3) is 5.91 Å². The van der Waals surface area contributed by atoms with Gasteiger partial charge in [-0.15, -0.1) is 0 Å². The molecule has 116 valence electrons. The van der Waals surface area contributed by atoms with E-state index in [0.717, 1.165) is 23.3 Å². The van der Waals surface area contributed by atoms with E-state index in [0.29, 0.717) is 12.1 Å². The number of aromatic nitrogens is 1. The summed E-state index contributed by atoms with van der Waals surface area (Å²) in [6.07, 6.45) is 4.05. The lowest BCUT2D eigenvalue weighted by atomic mass is 10.1. The maximum absolute atomic E-state index is 12.1. The Morgan fingerprint density at radius 2 is 2.00 bits per heavy atom. The minimum Gasteiger partial charge on any atom is -0.497 e. The van der Waals surface area contributed by atoms with Crippen LogP contribution in [0.5, 0.6) is 5.75 Å². The molecule has 0 spiro atoms. The van der Waals surface area contributed by atoms with Crippen LogP contribution in [0.3, 0.4) is 0 Å². The van der Waals surface area contributed by atoms with Gasteiger partial charge in [-0.05, 0) is 37.1 Å². The fraction of sp³-hybridized carbons (Fsp3) is 0.294. The first-order valence-electron chi connectivity index (χ1n) is 7.23. The lowest BCUT2D eigenvalue weighted by Crippen LogP contribution is -2.29. The summed E-state index contributed by atoms with van der Waals surface area (Å²) < 4.78 is 5.14. The first-order valence-corrected chi connectivity index (χ1v) is 7.23. The third-order valence-corrected chi connectivity index (χ3v) is 3.31. The van der Waals surface area contributed by atoms with Crippen LogP contribution >= 0.6 is 0 Å². The molecule has 1 amide bonds. The zero-order chi connectivity index (χ0) is 15.9. The van der Waals surface area contributed by atoms with Crippen LogP contribution in [0.1, 0.15) is 23.7 Å². The number of hydrogen-bond donors (Lipinski definition) is 2. The Hall–Kier alpha value is -2.40. The third-order valence-electron chi connectivity index (χ3n) is 3.31. The van der Waals surface area contributed by atoms with E-state index in [1.165, 1.54) is 0 Å². The molecule has 22 heavy (non-hydrogen) atoms. The molecule has 2 rings (SSSR count). The summed E-state index contributed by atoms with van der Waals surface area (Å²) >= 11 is 0. The fourth-order valence-electron chi connectivity index (χ4n) is 2.02. The van der Waals surface area contributed by atoms with E-state index in [-0.39, 0.29) is 11.9 Å². The average Bonchev–Trinajstić information content (AvgIpc) is 2.54. The molecule has 0 aliphatic rings. The monoisotopic (exact) mass is 299 g/mol. The van der Waals surface area contributed by atoms with Crippen molar-refractivity contribution in [2.24, 2.45) is 5.73 Å². The second-order valence-electron chi connectivity index (χ2n) is 5.21. The molecule has 2 aromatic rings. The van der Waals surface area contributed by atoms with Gasteiger partial charge in [-0.2, -0.15) is 0 Å². The van der Waals surface area contributed by atoms with Crippen LogP contribution in [0.15, 0.2) is 42.7 Å². The Labute approximate surface area is 130 Å². The van der Waals surface area contributed by atoms with E-state index in [1.54, 1.807) is 19.5 Å². The lowest BCUT2D eigenvalue weighted by molar-refractivity contribution is 0.0952. The number of nitrogens with two attached hydrogens (primary N) is 1. The van der Waals surface area contributed by atoms with E-state index in [9.17, 15) is 4.79 Å². The van der Waals surface area contributed by atoms with Crippen LogP contribution in [-0.2, 0) is 0 Å². The van der Waals surface area contributed by atoms with Crippen molar-refractivity contribution >= 4 is 5.91 Å². The van der Waals surface area contributed by atoms with Crippen molar-refractivity contribution in [2.45, 2.75) is 19.4 Å². The Morgan fingerprint density at radius 1 is 1.27 bits per heavy atom. The van der Waals surface area contributed by atoms with E-state index < -0.39 is 0 Å². The quantitative estimate of drug-likeness (QED) is 0.857. The standard InChI is InChI=1S/C17H21N3O2/c1-12(18)7-8-20-17(21)15-9-14(10-19-11-15)13-3-5-16(22-2)6-4-13/h3-6,9-12H,7-8,18H2,1-2H3,(H,20,21). The van der Waals surface area contributed by atoms with Crippen LogP contribution in [0.4, 0.5) is 0 Å². The molecule has 0 fully saturated rings. The first-order chi connectivity index (χ1) is 10.6. The third kappa shape index (κ3) is 4.30. The van der Waals surface area contributed by atoms with E-state index in [4.69, 9.17) is 10.5 Å². The molecule has 0 radical (unpaired) electrons. The van der Waals surface area contributed by atoms with Crippen molar-refractivity contribution in [1.29, 1.82) is 0 Å². The molecule has 5 nitrogen and oxygen atoms in total. The highest BCUT2D eigenvalue weighted by Crippen LogP contribution is 2.22. The molecule has 0 aliphatic carbocycles. The number of nitrogens with zero attached hydrogens (tertiary/aromatic N) is 1. The Balaban J connectivity index is 2.10. The van der Waals surface area contributed by atoms with Gasteiger partial charge in [0.2, 0.25) is 0 Å². The number of amides is 1. The summed E-state index contributed by atoms with van der Waals surface area (Å²) in [5, 5.41) is 2.85. The molecular formula is C17H21N3O2. The highest BCUT2D eigenvalue weighted by atomic mass is 16.5. The Bertz CT molecular complexity index is 624. The van der Waals surface area contributed by atoms with E-state index in [1.807, 2.05) is 37.3 Å². The maximum atomic E-state index is 12.1. The van der Waals surface area contributed by atoms with Crippen LogP contribution in [0.25, 0.3) is 11.1 Å². The summed E-state index contributed by atoms with van der Waals surface area (Å²) in [5.74, 6) is 0.657. The van der Waals surface area contributed by atoms with Gasteiger partial charge in [-0.3, -0.25) is 9.78 Å². The number of ether oxygens (including phenoxy) is 1. The molecule has 0 aliphatic heterocycles. The number of benzene rings is 1. The zero-order valence-electron chi connectivity index (χ0n) is 12.9. The second kappa shape index (κ2) is 7.56. The van der Waals surface area contributed by atoms with Crippen molar-refractivity contribution in [3.05, 3.63) is 48.3 Å². The van der Waals surface area contributed by atoms with Crippen LogP contribution in [-0.4, -0.2) is 30.6 Å². The summed E-state index contributed by atoms with van der Waals surface area (Å²) in [5.41, 5.74) is 8.08. The lowest BCUT2D eigenvalue weighted by Gasteiger charge is -2.08. The zero-order valence-corrected chi connectivity index (χ0v) is 12.9. The smallest absolute Gasteiger partial charge is 0.252 e. The van der Waals surface area contributed by atoms with Gasteiger partial charge in [-0.1, -0.05) is 12.1 Å². The summed E-state index contributed by atoms with van der Waals surface area (Å²) in [7, 11) is 1.63. The number of carbonyl (C=O) groups excluding carboxylic acids is 1. The van der Waals surface area contributed by atoms with Crippen molar-refractivity contribution in [3.8, 4) is 16.9 Å². The predicted octanol–water partition coefficient (Wildman–Crippen LogP) is 2.22. The molecule has 1 aromatic heterocycles. The molecular weight excluding hydrogens is 278 g/mol. The molecule has 5 heteroatoms.